The van der Waals surface area contributed by atoms with E-state index in [9.17, 15) is 0 Å². The zero-order valence-electron chi connectivity index (χ0n) is 7.63. The first-order valence-corrected chi connectivity index (χ1v) is 4.08. The molecule has 11 heavy (non-hydrogen) atoms. The van der Waals surface area contributed by atoms with Gasteiger partial charge < -0.3 is 0 Å². The molecule has 0 N–H and O–H groups in total. The summed E-state index contributed by atoms with van der Waals surface area (Å²) < 4.78 is 2.02. The lowest BCUT2D eigenvalue weighted by Crippen LogP contribution is -2.08. The number of rotatable bonds is 2. The minimum absolute atomic E-state index is 0.443. The van der Waals surface area contributed by atoms with Crippen molar-refractivity contribution in [2.24, 2.45) is 0 Å². The molecule has 61 valence electrons. The maximum absolute atomic E-state index is 4.13. The Balaban J connectivity index is 2.96. The van der Waals surface area contributed by atoms with Gasteiger partial charge in [-0.2, -0.15) is 5.10 Å². The summed E-state index contributed by atoms with van der Waals surface area (Å²) in [7, 11) is 0. The zero-order valence-corrected chi connectivity index (χ0v) is 7.63. The molecule has 0 aliphatic heterocycles. The lowest BCUT2D eigenvalue weighted by molar-refractivity contribution is 0.497. The first kappa shape index (κ1) is 8.31. The van der Waals surface area contributed by atoms with Gasteiger partial charge >= 0.3 is 0 Å². The molecule has 0 aliphatic rings. The molecule has 1 rings (SSSR count). The van der Waals surface area contributed by atoms with Crippen LogP contribution in [0.3, 0.4) is 0 Å². The van der Waals surface area contributed by atoms with E-state index in [4.69, 9.17) is 0 Å². The van der Waals surface area contributed by atoms with Gasteiger partial charge in [-0.15, -0.1) is 0 Å². The maximum atomic E-state index is 4.13. The van der Waals surface area contributed by atoms with Crippen LogP contribution in [0.25, 0.3) is 0 Å². The second-order valence-corrected chi connectivity index (χ2v) is 3.39. The van der Waals surface area contributed by atoms with Crippen molar-refractivity contribution in [3.63, 3.8) is 0 Å². The van der Waals surface area contributed by atoms with Gasteiger partial charge in [0.25, 0.3) is 0 Å². The highest BCUT2D eigenvalue weighted by molar-refractivity contribution is 5.05. The summed E-state index contributed by atoms with van der Waals surface area (Å²) in [4.78, 5) is 0. The van der Waals surface area contributed by atoms with Crippen molar-refractivity contribution in [1.82, 2.24) is 9.78 Å². The second kappa shape index (κ2) is 3.07. The fourth-order valence-corrected chi connectivity index (χ4v) is 1.13. The van der Waals surface area contributed by atoms with E-state index >= 15 is 0 Å². The van der Waals surface area contributed by atoms with Crippen molar-refractivity contribution >= 4 is 0 Å². The number of aromatic nitrogens is 2. The summed E-state index contributed by atoms with van der Waals surface area (Å²) in [5, 5.41) is 4.13. The highest BCUT2D eigenvalue weighted by atomic mass is 15.3. The Morgan fingerprint density at radius 1 is 1.36 bits per heavy atom. The summed E-state index contributed by atoms with van der Waals surface area (Å²) in [6.45, 7) is 8.60. The fraction of sp³-hybridized carbons (Fsp3) is 0.667. The van der Waals surface area contributed by atoms with E-state index in [1.54, 1.807) is 0 Å². The van der Waals surface area contributed by atoms with Gasteiger partial charge in [0.05, 0.1) is 0 Å². The summed E-state index contributed by atoms with van der Waals surface area (Å²) in [5.74, 6) is 0.538. The first-order valence-electron chi connectivity index (χ1n) is 4.08. The van der Waals surface area contributed by atoms with Crippen LogP contribution in [0.15, 0.2) is 6.07 Å². The third-order valence-corrected chi connectivity index (χ3v) is 1.72. The van der Waals surface area contributed by atoms with Crippen LogP contribution in [0.5, 0.6) is 0 Å². The third kappa shape index (κ3) is 1.62. The van der Waals surface area contributed by atoms with E-state index in [0.717, 1.165) is 0 Å². The molecule has 0 unspecified atom stereocenters. The standard InChI is InChI=1S/C9H15N2/c1-7(2)9-5-6-10-11(9)8(3)4/h5,7-8H,1-4H3. The molecule has 0 bridgehead atoms. The molecule has 0 aliphatic carbocycles. The van der Waals surface area contributed by atoms with Gasteiger partial charge in [0.15, 0.2) is 0 Å². The number of hydrogen-bond donors (Lipinski definition) is 0. The van der Waals surface area contributed by atoms with Crippen molar-refractivity contribution in [2.75, 3.05) is 0 Å². The molecule has 0 saturated carbocycles. The van der Waals surface area contributed by atoms with Crippen molar-refractivity contribution < 1.29 is 0 Å². The Bertz CT molecular complexity index is 201. The number of nitrogens with zero attached hydrogens (tertiary/aromatic N) is 2. The molecule has 2 nitrogen and oxygen atoms in total. The lowest BCUT2D eigenvalue weighted by atomic mass is 10.1. The molecule has 1 aromatic rings. The van der Waals surface area contributed by atoms with E-state index < -0.39 is 0 Å². The van der Waals surface area contributed by atoms with E-state index in [1.165, 1.54) is 5.69 Å². The van der Waals surface area contributed by atoms with E-state index in [0.29, 0.717) is 12.0 Å². The Labute approximate surface area is 68.2 Å². The molecule has 0 aromatic carbocycles. The van der Waals surface area contributed by atoms with Gasteiger partial charge in [0.2, 0.25) is 0 Å². The zero-order chi connectivity index (χ0) is 8.43. The van der Waals surface area contributed by atoms with Gasteiger partial charge in [-0.25, -0.2) is 0 Å². The normalized spacial score (nSPS) is 11.5. The van der Waals surface area contributed by atoms with E-state index in [2.05, 4.69) is 39.0 Å². The molecule has 0 fully saturated rings. The Morgan fingerprint density at radius 2 is 2.00 bits per heavy atom. The summed E-state index contributed by atoms with van der Waals surface area (Å²) in [5.41, 5.74) is 1.26. The largest absolute Gasteiger partial charge is 0.266 e. The average Bonchev–Trinajstić information content (AvgIpc) is 2.32. The predicted octanol–water partition coefficient (Wildman–Crippen LogP) is 2.39. The predicted molar refractivity (Wildman–Crippen MR) is 45.5 cm³/mol. The minimum atomic E-state index is 0.443. The highest BCUT2D eigenvalue weighted by Crippen LogP contribution is 2.16. The average molecular weight is 151 g/mol. The van der Waals surface area contributed by atoms with Crippen LogP contribution >= 0.6 is 0 Å². The van der Waals surface area contributed by atoms with Crippen LogP contribution in [0, 0.1) is 6.20 Å². The van der Waals surface area contributed by atoms with Gasteiger partial charge in [0, 0.05) is 11.7 Å². The van der Waals surface area contributed by atoms with Gasteiger partial charge in [0.1, 0.15) is 6.20 Å². The third-order valence-electron chi connectivity index (χ3n) is 1.72. The maximum Gasteiger partial charge on any atom is 0.113 e. The van der Waals surface area contributed by atoms with E-state index in [-0.39, 0.29) is 0 Å². The smallest absolute Gasteiger partial charge is 0.113 e. The molecular formula is C9H15N2. The van der Waals surface area contributed by atoms with Crippen molar-refractivity contribution in [2.45, 2.75) is 39.7 Å². The lowest BCUT2D eigenvalue weighted by Gasteiger charge is -2.12. The molecule has 0 saturated heterocycles. The van der Waals surface area contributed by atoms with Crippen LogP contribution in [-0.4, -0.2) is 9.78 Å². The van der Waals surface area contributed by atoms with Gasteiger partial charge in [-0.1, -0.05) is 13.8 Å². The van der Waals surface area contributed by atoms with Gasteiger partial charge in [-0.3, -0.25) is 4.68 Å². The molecule has 2 heteroatoms. The van der Waals surface area contributed by atoms with Crippen LogP contribution in [0.4, 0.5) is 0 Å². The Hall–Kier alpha value is -0.790. The van der Waals surface area contributed by atoms with E-state index in [1.807, 2.05) is 10.7 Å². The van der Waals surface area contributed by atoms with Crippen LogP contribution < -0.4 is 0 Å². The fourth-order valence-electron chi connectivity index (χ4n) is 1.13. The monoisotopic (exact) mass is 151 g/mol. The molecule has 0 spiro atoms. The summed E-state index contributed by atoms with van der Waals surface area (Å²) in [6, 6.07) is 2.41. The first-order chi connectivity index (χ1) is 5.13. The Kier molecular flexibility index (Phi) is 2.32. The van der Waals surface area contributed by atoms with Crippen LogP contribution in [0.1, 0.15) is 45.3 Å². The van der Waals surface area contributed by atoms with Crippen LogP contribution in [0.2, 0.25) is 0 Å². The number of hydrogen-bond acceptors (Lipinski definition) is 1. The molecule has 0 atom stereocenters. The summed E-state index contributed by atoms with van der Waals surface area (Å²) >= 11 is 0. The van der Waals surface area contributed by atoms with Crippen molar-refractivity contribution in [1.29, 1.82) is 0 Å². The van der Waals surface area contributed by atoms with Crippen molar-refractivity contribution in [3.8, 4) is 0 Å². The molecule has 1 radical (unpaired) electrons. The molecular weight excluding hydrogens is 136 g/mol. The highest BCUT2D eigenvalue weighted by Gasteiger charge is 2.08. The molecule has 1 aromatic heterocycles. The van der Waals surface area contributed by atoms with Gasteiger partial charge in [-0.05, 0) is 25.8 Å². The van der Waals surface area contributed by atoms with Crippen molar-refractivity contribution in [3.05, 3.63) is 18.0 Å². The summed E-state index contributed by atoms with van der Waals surface area (Å²) in [6.07, 6.45) is 2.87. The minimum Gasteiger partial charge on any atom is -0.266 e. The van der Waals surface area contributed by atoms with Crippen LogP contribution in [-0.2, 0) is 0 Å². The molecule has 1 heterocycles. The Morgan fingerprint density at radius 3 is 2.36 bits per heavy atom. The topological polar surface area (TPSA) is 17.8 Å². The second-order valence-electron chi connectivity index (χ2n) is 3.39. The molecule has 0 amide bonds. The SMILES string of the molecule is CC(C)c1c[c]nn1C(C)C. The quantitative estimate of drug-likeness (QED) is 0.634.